The van der Waals surface area contributed by atoms with E-state index in [9.17, 15) is 14.7 Å². The molecule has 1 aliphatic heterocycles. The van der Waals surface area contributed by atoms with Gasteiger partial charge in [0.2, 0.25) is 0 Å². The number of unbranched alkanes of at least 4 members (excludes halogenated alkanes) is 6. The van der Waals surface area contributed by atoms with Crippen molar-refractivity contribution < 1.29 is 28.9 Å². The number of hydrogen-bond acceptors (Lipinski definition) is 5. The van der Waals surface area contributed by atoms with Gasteiger partial charge in [0.1, 0.15) is 11.4 Å². The molecular formula is C44H56O6. The second kappa shape index (κ2) is 19.7. The van der Waals surface area contributed by atoms with E-state index in [1.807, 2.05) is 91.0 Å². The first kappa shape index (κ1) is 37.7. The number of ketones is 1. The summed E-state index contributed by atoms with van der Waals surface area (Å²) in [4.78, 5) is 26.2. The van der Waals surface area contributed by atoms with E-state index in [0.717, 1.165) is 68.2 Å². The topological polar surface area (TPSA) is 82.1 Å². The van der Waals surface area contributed by atoms with Gasteiger partial charge < -0.3 is 19.3 Å². The molecule has 2 fully saturated rings. The molecule has 5 rings (SSSR count). The minimum Gasteiger partial charge on any atom is -0.479 e. The third-order valence-corrected chi connectivity index (χ3v) is 10.4. The Morgan fingerprint density at radius 2 is 1.48 bits per heavy atom. The number of rotatable bonds is 20. The van der Waals surface area contributed by atoms with Crippen molar-refractivity contribution in [1.29, 1.82) is 0 Å². The molecule has 6 heteroatoms. The fourth-order valence-corrected chi connectivity index (χ4v) is 7.71. The van der Waals surface area contributed by atoms with Crippen molar-refractivity contribution in [3.05, 3.63) is 120 Å². The standard InChI is InChI=1S/C44H56O6/c1-2-3-4-5-6-17-29-38-37(39(45)33-41(38)49-42-31-20-21-32-48-42)28-18-10-19-30-40(43(46)47)50-44(34-22-11-7-12-23-34,35-24-13-8-14-25-35)36-26-15-9-16-27-36/h7-9,11-17,22-27,29,37-38,40-42H,2-6,10,18-21,28,30-33H2,1H3,(H,46,47)/t37-,38-,40?,41+,42?/m1/s1. The fourth-order valence-electron chi connectivity index (χ4n) is 7.71. The number of Topliss-reactive ketones (excluding diaryl/α,β-unsaturated/α-hetero) is 1. The number of carboxylic acids is 1. The van der Waals surface area contributed by atoms with Gasteiger partial charge in [-0.05, 0) is 61.6 Å². The van der Waals surface area contributed by atoms with Gasteiger partial charge in [-0.25, -0.2) is 4.79 Å². The highest BCUT2D eigenvalue weighted by Gasteiger charge is 2.43. The summed E-state index contributed by atoms with van der Waals surface area (Å²) in [6, 6.07) is 29.7. The summed E-state index contributed by atoms with van der Waals surface area (Å²) in [5, 5.41) is 10.5. The Balaban J connectivity index is 1.25. The van der Waals surface area contributed by atoms with Gasteiger partial charge in [0.25, 0.3) is 0 Å². The van der Waals surface area contributed by atoms with Crippen molar-refractivity contribution in [2.45, 2.75) is 121 Å². The molecule has 0 radical (unpaired) electrons. The van der Waals surface area contributed by atoms with Gasteiger partial charge in [-0.3, -0.25) is 4.79 Å². The molecule has 1 aliphatic carbocycles. The minimum atomic E-state index is -1.10. The highest BCUT2D eigenvalue weighted by atomic mass is 16.7. The molecule has 6 nitrogen and oxygen atoms in total. The van der Waals surface area contributed by atoms with Crippen molar-refractivity contribution in [2.24, 2.45) is 11.8 Å². The number of ether oxygens (including phenoxy) is 3. The number of aliphatic carboxylic acids is 1. The lowest BCUT2D eigenvalue weighted by Gasteiger charge is -2.38. The quantitative estimate of drug-likeness (QED) is 0.0727. The molecule has 2 unspecified atom stereocenters. The van der Waals surface area contributed by atoms with Crippen molar-refractivity contribution in [3.8, 4) is 0 Å². The molecular weight excluding hydrogens is 624 g/mol. The second-order valence-electron chi connectivity index (χ2n) is 14.0. The summed E-state index contributed by atoms with van der Waals surface area (Å²) in [7, 11) is 0. The molecule has 268 valence electrons. The number of allylic oxidation sites excluding steroid dienone is 1. The summed E-state index contributed by atoms with van der Waals surface area (Å²) in [5.41, 5.74) is 1.53. The lowest BCUT2D eigenvalue weighted by atomic mass is 9.79. The first-order chi connectivity index (χ1) is 24.5. The van der Waals surface area contributed by atoms with Crippen LogP contribution in [-0.2, 0) is 29.4 Å². The number of hydrogen-bond donors (Lipinski definition) is 1. The number of carbonyl (C=O) groups excluding carboxylic acids is 1. The van der Waals surface area contributed by atoms with E-state index in [1.54, 1.807) is 0 Å². The Morgan fingerprint density at radius 3 is 2.04 bits per heavy atom. The van der Waals surface area contributed by atoms with Gasteiger partial charge >= 0.3 is 5.97 Å². The molecule has 0 spiro atoms. The highest BCUT2D eigenvalue weighted by Crippen LogP contribution is 2.42. The van der Waals surface area contributed by atoms with Crippen LogP contribution in [0.4, 0.5) is 0 Å². The van der Waals surface area contributed by atoms with Gasteiger partial charge in [0.05, 0.1) is 6.10 Å². The summed E-state index contributed by atoms with van der Waals surface area (Å²) in [5.74, 6) is -0.727. The maximum absolute atomic E-state index is 13.4. The van der Waals surface area contributed by atoms with E-state index in [1.165, 1.54) is 25.7 Å². The predicted octanol–water partition coefficient (Wildman–Crippen LogP) is 10.0. The lowest BCUT2D eigenvalue weighted by Crippen LogP contribution is -2.40. The van der Waals surface area contributed by atoms with Crippen LogP contribution in [0.15, 0.2) is 103 Å². The van der Waals surface area contributed by atoms with Gasteiger partial charge in [-0.1, -0.05) is 149 Å². The van der Waals surface area contributed by atoms with Gasteiger partial charge in [-0.15, -0.1) is 0 Å². The Morgan fingerprint density at radius 1 is 0.860 bits per heavy atom. The van der Waals surface area contributed by atoms with Crippen LogP contribution in [0.2, 0.25) is 0 Å². The third-order valence-electron chi connectivity index (χ3n) is 10.4. The summed E-state index contributed by atoms with van der Waals surface area (Å²) in [6.07, 6.45) is 16.0. The van der Waals surface area contributed by atoms with Crippen LogP contribution in [0.1, 0.15) is 114 Å². The van der Waals surface area contributed by atoms with Gasteiger partial charge in [-0.2, -0.15) is 0 Å². The van der Waals surface area contributed by atoms with Crippen LogP contribution >= 0.6 is 0 Å². The van der Waals surface area contributed by atoms with E-state index in [-0.39, 0.29) is 30.0 Å². The molecule has 2 aliphatic rings. The Kier molecular flexibility index (Phi) is 14.9. The van der Waals surface area contributed by atoms with Crippen LogP contribution in [-0.4, -0.2) is 42.0 Å². The zero-order chi connectivity index (χ0) is 35.0. The monoisotopic (exact) mass is 680 g/mol. The molecule has 0 aromatic heterocycles. The van der Waals surface area contributed by atoms with E-state index in [0.29, 0.717) is 19.3 Å². The molecule has 1 saturated heterocycles. The molecule has 1 heterocycles. The Hall–Kier alpha value is -3.58. The average Bonchev–Trinajstić information content (AvgIpc) is 3.44. The highest BCUT2D eigenvalue weighted by molar-refractivity contribution is 5.84. The Bertz CT molecular complexity index is 1350. The predicted molar refractivity (Wildman–Crippen MR) is 198 cm³/mol. The summed E-state index contributed by atoms with van der Waals surface area (Å²) < 4.78 is 19.2. The normalized spacial score (nSPS) is 21.8. The van der Waals surface area contributed by atoms with Crippen LogP contribution < -0.4 is 0 Å². The molecule has 0 amide bonds. The number of benzene rings is 3. The summed E-state index contributed by atoms with van der Waals surface area (Å²) in [6.45, 7) is 2.94. The zero-order valence-corrected chi connectivity index (χ0v) is 29.8. The molecule has 0 bridgehead atoms. The smallest absolute Gasteiger partial charge is 0.332 e. The third kappa shape index (κ3) is 10.0. The van der Waals surface area contributed by atoms with E-state index < -0.39 is 17.7 Å². The SMILES string of the molecule is CCCCCCC=C[C@H]1[C@@H](OC2CCCCO2)CC(=O)[C@@H]1CCCCCC(OC(c1ccccc1)(c1ccccc1)c1ccccc1)C(=O)O. The molecule has 1 N–H and O–H groups in total. The van der Waals surface area contributed by atoms with Crippen molar-refractivity contribution in [2.75, 3.05) is 6.61 Å². The Labute approximate surface area is 299 Å². The molecule has 3 aromatic rings. The van der Waals surface area contributed by atoms with Crippen molar-refractivity contribution in [1.82, 2.24) is 0 Å². The van der Waals surface area contributed by atoms with Crippen LogP contribution in [0.3, 0.4) is 0 Å². The molecule has 3 aromatic carbocycles. The lowest BCUT2D eigenvalue weighted by molar-refractivity contribution is -0.192. The van der Waals surface area contributed by atoms with Crippen LogP contribution in [0, 0.1) is 11.8 Å². The fraction of sp³-hybridized carbons (Fsp3) is 0.500. The molecule has 5 atom stereocenters. The van der Waals surface area contributed by atoms with E-state index in [4.69, 9.17) is 14.2 Å². The van der Waals surface area contributed by atoms with E-state index >= 15 is 0 Å². The second-order valence-corrected chi connectivity index (χ2v) is 14.0. The van der Waals surface area contributed by atoms with Crippen LogP contribution in [0.25, 0.3) is 0 Å². The molecule has 1 saturated carbocycles. The first-order valence-corrected chi connectivity index (χ1v) is 19.1. The summed E-state index contributed by atoms with van der Waals surface area (Å²) >= 11 is 0. The van der Waals surface area contributed by atoms with Gasteiger partial charge in [0, 0.05) is 24.9 Å². The zero-order valence-electron chi connectivity index (χ0n) is 29.8. The number of carboxylic acid groups (broad SMARTS) is 1. The van der Waals surface area contributed by atoms with Crippen LogP contribution in [0.5, 0.6) is 0 Å². The maximum atomic E-state index is 13.4. The molecule has 50 heavy (non-hydrogen) atoms. The van der Waals surface area contributed by atoms with Crippen molar-refractivity contribution >= 4 is 11.8 Å². The maximum Gasteiger partial charge on any atom is 0.332 e. The van der Waals surface area contributed by atoms with E-state index in [2.05, 4.69) is 19.1 Å². The minimum absolute atomic E-state index is 0.0533. The van der Waals surface area contributed by atoms with Crippen molar-refractivity contribution in [3.63, 3.8) is 0 Å². The first-order valence-electron chi connectivity index (χ1n) is 19.1. The average molecular weight is 681 g/mol. The number of carbonyl (C=O) groups is 2. The van der Waals surface area contributed by atoms with Gasteiger partial charge in [0.15, 0.2) is 12.4 Å². The largest absolute Gasteiger partial charge is 0.479 e.